The molecule has 0 aliphatic carbocycles. The van der Waals surface area contributed by atoms with Crippen LogP contribution in [0.1, 0.15) is 162 Å². The third-order valence-corrected chi connectivity index (χ3v) is 6.47. The number of aliphatic hydroxyl groups is 4. The molecule has 48 heavy (non-hydrogen) atoms. The van der Waals surface area contributed by atoms with E-state index in [1.165, 1.54) is 44.6 Å². The van der Waals surface area contributed by atoms with E-state index < -0.39 is 0 Å². The normalized spacial score (nSPS) is 14.2. The summed E-state index contributed by atoms with van der Waals surface area (Å²) in [6.45, 7) is 32.2. The van der Waals surface area contributed by atoms with Gasteiger partial charge in [0.1, 0.15) is 0 Å². The van der Waals surface area contributed by atoms with Gasteiger partial charge in [-0.15, -0.1) is 0 Å². The SMILES string of the molecule is CC(C)=CCCC(C)=CC(C)O.CC(C)=CCCC(C)=CC(C)O.CC(C)=CCCC(C)=CC(C)O.CC(C)=CCCC(C)=CC(C)O. The molecule has 0 aromatic rings. The maximum absolute atomic E-state index is 9.04. The first-order valence-corrected chi connectivity index (χ1v) is 18.0. The molecule has 4 unspecified atom stereocenters. The molecule has 280 valence electrons. The molecular formula is C44H80O4. The van der Waals surface area contributed by atoms with E-state index in [9.17, 15) is 0 Å². The van der Waals surface area contributed by atoms with E-state index in [4.69, 9.17) is 20.4 Å². The minimum atomic E-state index is -0.309. The molecule has 0 aromatic carbocycles. The fraction of sp³-hybridized carbons (Fsp3) is 0.636. The Hall–Kier alpha value is -2.24. The molecule has 0 aliphatic rings. The minimum absolute atomic E-state index is 0.309. The zero-order valence-electron chi connectivity index (χ0n) is 34.4. The van der Waals surface area contributed by atoms with Crippen molar-refractivity contribution in [1.82, 2.24) is 0 Å². The lowest BCUT2D eigenvalue weighted by Gasteiger charge is -2.00. The van der Waals surface area contributed by atoms with Gasteiger partial charge < -0.3 is 20.4 Å². The second-order valence-electron chi connectivity index (χ2n) is 14.3. The third kappa shape index (κ3) is 56.1. The van der Waals surface area contributed by atoms with Crippen LogP contribution in [0.2, 0.25) is 0 Å². The van der Waals surface area contributed by atoms with Gasteiger partial charge in [-0.25, -0.2) is 0 Å². The van der Waals surface area contributed by atoms with Crippen molar-refractivity contribution in [2.24, 2.45) is 0 Å². The summed E-state index contributed by atoms with van der Waals surface area (Å²) in [5.74, 6) is 0. The Labute approximate surface area is 299 Å². The van der Waals surface area contributed by atoms with Crippen molar-refractivity contribution in [1.29, 1.82) is 0 Å². The van der Waals surface area contributed by atoms with Gasteiger partial charge in [-0.3, -0.25) is 0 Å². The Morgan fingerprint density at radius 2 is 0.479 bits per heavy atom. The number of rotatable bonds is 16. The molecule has 0 fully saturated rings. The summed E-state index contributed by atoms with van der Waals surface area (Å²) in [5.41, 5.74) is 10.5. The Bertz CT molecular complexity index is 854. The van der Waals surface area contributed by atoms with Crippen LogP contribution in [0.4, 0.5) is 0 Å². The van der Waals surface area contributed by atoms with Crippen LogP contribution < -0.4 is 0 Å². The molecule has 0 spiro atoms. The summed E-state index contributed by atoms with van der Waals surface area (Å²) in [5, 5.41) is 36.2. The molecule has 0 saturated heterocycles. The lowest BCUT2D eigenvalue weighted by molar-refractivity contribution is 0.242. The summed E-state index contributed by atoms with van der Waals surface area (Å²) < 4.78 is 0. The zero-order valence-corrected chi connectivity index (χ0v) is 34.4. The molecular weight excluding hydrogens is 592 g/mol. The van der Waals surface area contributed by atoms with Crippen LogP contribution in [0, 0.1) is 0 Å². The van der Waals surface area contributed by atoms with E-state index in [1.807, 2.05) is 24.3 Å². The largest absolute Gasteiger partial charge is 0.389 e. The van der Waals surface area contributed by atoms with E-state index in [0.29, 0.717) is 0 Å². The highest BCUT2D eigenvalue weighted by atomic mass is 16.3. The number of hydrogen-bond acceptors (Lipinski definition) is 4. The molecule has 4 nitrogen and oxygen atoms in total. The maximum atomic E-state index is 9.04. The zero-order chi connectivity index (χ0) is 38.2. The monoisotopic (exact) mass is 673 g/mol. The Morgan fingerprint density at radius 1 is 0.333 bits per heavy atom. The van der Waals surface area contributed by atoms with Crippen molar-refractivity contribution in [3.05, 3.63) is 93.2 Å². The molecule has 4 atom stereocenters. The molecule has 0 aromatic heterocycles. The molecule has 0 aliphatic heterocycles. The molecule has 4 heteroatoms. The van der Waals surface area contributed by atoms with E-state index in [0.717, 1.165) is 51.4 Å². The van der Waals surface area contributed by atoms with Crippen molar-refractivity contribution >= 4 is 0 Å². The van der Waals surface area contributed by atoms with E-state index in [1.54, 1.807) is 27.7 Å². The van der Waals surface area contributed by atoms with Gasteiger partial charge in [-0.2, -0.15) is 0 Å². The van der Waals surface area contributed by atoms with E-state index in [-0.39, 0.29) is 24.4 Å². The predicted octanol–water partition coefficient (Wildman–Crippen LogP) is 12.2. The van der Waals surface area contributed by atoms with Gasteiger partial charge in [0.25, 0.3) is 0 Å². The average molecular weight is 673 g/mol. The van der Waals surface area contributed by atoms with Crippen LogP contribution in [0.5, 0.6) is 0 Å². The van der Waals surface area contributed by atoms with Crippen LogP contribution in [-0.2, 0) is 0 Å². The number of aliphatic hydroxyl groups excluding tert-OH is 4. The van der Waals surface area contributed by atoms with Gasteiger partial charge in [0.2, 0.25) is 0 Å². The van der Waals surface area contributed by atoms with Crippen LogP contribution >= 0.6 is 0 Å². The summed E-state index contributed by atoms with van der Waals surface area (Å²) in [6.07, 6.45) is 23.8. The molecule has 0 saturated carbocycles. The maximum Gasteiger partial charge on any atom is 0.0695 e. The molecule has 0 bridgehead atoms. The van der Waals surface area contributed by atoms with Gasteiger partial charge in [0.05, 0.1) is 24.4 Å². The summed E-state index contributed by atoms with van der Waals surface area (Å²) in [7, 11) is 0. The van der Waals surface area contributed by atoms with Crippen molar-refractivity contribution in [3.63, 3.8) is 0 Å². The van der Waals surface area contributed by atoms with Gasteiger partial charge in [-0.05, 0) is 162 Å². The fourth-order valence-corrected chi connectivity index (χ4v) is 4.33. The summed E-state index contributed by atoms with van der Waals surface area (Å²) >= 11 is 0. The molecule has 4 N–H and O–H groups in total. The fourth-order valence-electron chi connectivity index (χ4n) is 4.33. The minimum Gasteiger partial charge on any atom is -0.389 e. The molecule has 0 amide bonds. The van der Waals surface area contributed by atoms with E-state index >= 15 is 0 Å². The standard InChI is InChI=1S/4C11H20O/c4*1-9(2)6-5-7-10(3)8-11(4)12/h4*6,8,11-12H,5,7H2,1-4H3. The first kappa shape index (κ1) is 52.6. The van der Waals surface area contributed by atoms with Crippen LogP contribution in [0.15, 0.2) is 93.2 Å². The smallest absolute Gasteiger partial charge is 0.0695 e. The first-order chi connectivity index (χ1) is 22.1. The highest BCUT2D eigenvalue weighted by Gasteiger charge is 1.94. The lowest BCUT2D eigenvalue weighted by atomic mass is 10.1. The predicted molar refractivity (Wildman–Crippen MR) is 216 cm³/mol. The molecule has 0 radical (unpaired) electrons. The van der Waals surface area contributed by atoms with Crippen LogP contribution in [0.3, 0.4) is 0 Å². The average Bonchev–Trinajstić information content (AvgIpc) is 2.87. The molecule has 0 heterocycles. The third-order valence-electron chi connectivity index (χ3n) is 6.47. The van der Waals surface area contributed by atoms with Crippen molar-refractivity contribution < 1.29 is 20.4 Å². The van der Waals surface area contributed by atoms with Crippen molar-refractivity contribution in [3.8, 4) is 0 Å². The first-order valence-electron chi connectivity index (χ1n) is 18.0. The second-order valence-corrected chi connectivity index (χ2v) is 14.3. The van der Waals surface area contributed by atoms with Gasteiger partial charge in [-0.1, -0.05) is 93.2 Å². The Balaban J connectivity index is -0.000000269. The molecule has 0 rings (SSSR count). The van der Waals surface area contributed by atoms with Crippen molar-refractivity contribution in [2.45, 2.75) is 187 Å². The van der Waals surface area contributed by atoms with Gasteiger partial charge in [0, 0.05) is 0 Å². The highest BCUT2D eigenvalue weighted by molar-refractivity contribution is 5.06. The Morgan fingerprint density at radius 3 is 0.583 bits per heavy atom. The van der Waals surface area contributed by atoms with Crippen LogP contribution in [0.25, 0.3) is 0 Å². The van der Waals surface area contributed by atoms with Gasteiger partial charge >= 0.3 is 0 Å². The van der Waals surface area contributed by atoms with Crippen molar-refractivity contribution in [2.75, 3.05) is 0 Å². The second kappa shape index (κ2) is 34.6. The topological polar surface area (TPSA) is 80.9 Å². The highest BCUT2D eigenvalue weighted by Crippen LogP contribution is 2.10. The lowest BCUT2D eigenvalue weighted by Crippen LogP contribution is -1.94. The summed E-state index contributed by atoms with van der Waals surface area (Å²) in [6, 6.07) is 0. The number of allylic oxidation sites excluding steroid dienone is 12. The number of hydrogen-bond donors (Lipinski definition) is 4. The van der Waals surface area contributed by atoms with Crippen LogP contribution in [-0.4, -0.2) is 44.8 Å². The quantitative estimate of drug-likeness (QED) is 0.123. The summed E-state index contributed by atoms with van der Waals surface area (Å²) in [4.78, 5) is 0. The van der Waals surface area contributed by atoms with E-state index in [2.05, 4.69) is 107 Å². The Kier molecular flexibility index (Phi) is 37.9. The van der Waals surface area contributed by atoms with Gasteiger partial charge in [0.15, 0.2) is 0 Å².